The molecule has 5 nitrogen and oxygen atoms in total. The lowest BCUT2D eigenvalue weighted by molar-refractivity contribution is 0.0678. The molecule has 0 unspecified atom stereocenters. The van der Waals surface area contributed by atoms with Crippen molar-refractivity contribution < 1.29 is 0 Å². The monoisotopic (exact) mass is 281 g/mol. The van der Waals surface area contributed by atoms with Gasteiger partial charge in [-0.25, -0.2) is 0 Å². The highest BCUT2D eigenvalue weighted by Crippen LogP contribution is 2.27. The van der Waals surface area contributed by atoms with Gasteiger partial charge in [0.25, 0.3) is 0 Å². The number of aromatic nitrogens is 2. The van der Waals surface area contributed by atoms with Crippen LogP contribution in [-0.4, -0.2) is 71.3 Å². The molecule has 0 atom stereocenters. The SMILES string of the molecule is Cc1nnc(N2CC(N3CCN(C(C)C)CC3)C2)s1. The Bertz CT molecular complexity index is 418. The van der Waals surface area contributed by atoms with Crippen LogP contribution in [0.15, 0.2) is 0 Å². The Hall–Kier alpha value is -0.720. The first-order valence-corrected chi connectivity index (χ1v) is 7.98. The molecule has 0 bridgehead atoms. The van der Waals surface area contributed by atoms with Gasteiger partial charge in [-0.15, -0.1) is 10.2 Å². The second kappa shape index (κ2) is 5.34. The normalized spacial score (nSPS) is 23.1. The number of piperazine rings is 1. The van der Waals surface area contributed by atoms with Gasteiger partial charge in [-0.05, 0) is 20.8 Å². The molecule has 0 saturated carbocycles. The summed E-state index contributed by atoms with van der Waals surface area (Å²) in [4.78, 5) is 7.56. The molecule has 0 N–H and O–H groups in total. The summed E-state index contributed by atoms with van der Waals surface area (Å²) in [5.41, 5.74) is 0. The topological polar surface area (TPSA) is 35.5 Å². The van der Waals surface area contributed by atoms with Crippen LogP contribution in [0, 0.1) is 6.92 Å². The minimum atomic E-state index is 0.685. The second-order valence-electron chi connectivity index (χ2n) is 5.83. The summed E-state index contributed by atoms with van der Waals surface area (Å²) in [5.74, 6) is 0. The summed E-state index contributed by atoms with van der Waals surface area (Å²) in [6, 6.07) is 1.41. The molecule has 1 aromatic rings. The Labute approximate surface area is 119 Å². The Morgan fingerprint density at radius 1 is 1.11 bits per heavy atom. The zero-order valence-corrected chi connectivity index (χ0v) is 12.9. The van der Waals surface area contributed by atoms with Crippen molar-refractivity contribution in [2.45, 2.75) is 32.9 Å². The number of hydrogen-bond donors (Lipinski definition) is 0. The molecule has 0 spiro atoms. The first kappa shape index (κ1) is 13.3. The van der Waals surface area contributed by atoms with Gasteiger partial charge < -0.3 is 4.90 Å². The van der Waals surface area contributed by atoms with Crippen LogP contribution >= 0.6 is 11.3 Å². The molecule has 106 valence electrons. The largest absolute Gasteiger partial charge is 0.343 e. The maximum Gasteiger partial charge on any atom is 0.208 e. The first-order chi connectivity index (χ1) is 9.13. The summed E-state index contributed by atoms with van der Waals surface area (Å²) in [6.07, 6.45) is 0. The van der Waals surface area contributed by atoms with E-state index in [9.17, 15) is 0 Å². The highest BCUT2D eigenvalue weighted by molar-refractivity contribution is 7.15. The zero-order chi connectivity index (χ0) is 13.4. The van der Waals surface area contributed by atoms with Gasteiger partial charge in [0.05, 0.1) is 0 Å². The quantitative estimate of drug-likeness (QED) is 0.828. The molecule has 3 heterocycles. The Morgan fingerprint density at radius 3 is 2.32 bits per heavy atom. The van der Waals surface area contributed by atoms with Gasteiger partial charge in [-0.2, -0.15) is 0 Å². The molecule has 19 heavy (non-hydrogen) atoms. The first-order valence-electron chi connectivity index (χ1n) is 7.16. The number of nitrogens with zero attached hydrogens (tertiary/aromatic N) is 5. The van der Waals surface area contributed by atoms with Crippen molar-refractivity contribution in [3.63, 3.8) is 0 Å². The van der Waals surface area contributed by atoms with E-state index in [1.165, 1.54) is 26.2 Å². The summed E-state index contributed by atoms with van der Waals surface area (Å²) in [5, 5.41) is 10.5. The maximum atomic E-state index is 4.22. The van der Waals surface area contributed by atoms with E-state index in [1.807, 2.05) is 6.92 Å². The lowest BCUT2D eigenvalue weighted by Crippen LogP contribution is -2.63. The van der Waals surface area contributed by atoms with Gasteiger partial charge in [0.1, 0.15) is 5.01 Å². The highest BCUT2D eigenvalue weighted by atomic mass is 32.1. The highest BCUT2D eigenvalue weighted by Gasteiger charge is 2.35. The Morgan fingerprint density at radius 2 is 1.79 bits per heavy atom. The second-order valence-corrected chi connectivity index (χ2v) is 6.99. The zero-order valence-electron chi connectivity index (χ0n) is 12.0. The van der Waals surface area contributed by atoms with Crippen LogP contribution < -0.4 is 4.90 Å². The van der Waals surface area contributed by atoms with E-state index >= 15 is 0 Å². The van der Waals surface area contributed by atoms with Crippen LogP contribution in [0.1, 0.15) is 18.9 Å². The third-order valence-electron chi connectivity index (χ3n) is 4.24. The van der Waals surface area contributed by atoms with E-state index in [0.717, 1.165) is 29.3 Å². The van der Waals surface area contributed by atoms with E-state index < -0.39 is 0 Å². The van der Waals surface area contributed by atoms with Crippen molar-refractivity contribution in [3.05, 3.63) is 5.01 Å². The van der Waals surface area contributed by atoms with E-state index in [1.54, 1.807) is 11.3 Å². The van der Waals surface area contributed by atoms with Crippen molar-refractivity contribution in [3.8, 4) is 0 Å². The number of rotatable bonds is 3. The molecule has 2 aliphatic heterocycles. The molecule has 2 saturated heterocycles. The third kappa shape index (κ3) is 2.75. The van der Waals surface area contributed by atoms with Crippen LogP contribution in [-0.2, 0) is 0 Å². The predicted molar refractivity (Wildman–Crippen MR) is 78.9 cm³/mol. The fraction of sp³-hybridized carbons (Fsp3) is 0.846. The smallest absolute Gasteiger partial charge is 0.208 e. The lowest BCUT2D eigenvalue weighted by Gasteiger charge is -2.48. The van der Waals surface area contributed by atoms with E-state index in [0.29, 0.717) is 6.04 Å². The molecule has 2 fully saturated rings. The molecule has 2 aliphatic rings. The minimum Gasteiger partial charge on any atom is -0.343 e. The lowest BCUT2D eigenvalue weighted by atomic mass is 10.1. The molecular formula is C13H23N5S. The van der Waals surface area contributed by atoms with Gasteiger partial charge in [-0.3, -0.25) is 9.80 Å². The molecule has 1 aromatic heterocycles. The standard InChI is InChI=1S/C13H23N5S/c1-10(2)16-4-6-17(7-5-16)12-8-18(9-12)13-15-14-11(3)19-13/h10,12H,4-9H2,1-3H3. The molecule has 3 rings (SSSR count). The minimum absolute atomic E-state index is 0.685. The Balaban J connectivity index is 1.47. The predicted octanol–water partition coefficient (Wildman–Crippen LogP) is 1.06. The fourth-order valence-corrected chi connectivity index (χ4v) is 3.58. The number of hydrogen-bond acceptors (Lipinski definition) is 6. The average Bonchev–Trinajstić information content (AvgIpc) is 2.74. The van der Waals surface area contributed by atoms with Crippen LogP contribution in [0.5, 0.6) is 0 Å². The van der Waals surface area contributed by atoms with Crippen molar-refractivity contribution in [2.75, 3.05) is 44.2 Å². The molecule has 0 radical (unpaired) electrons. The molecule has 0 aromatic carbocycles. The summed E-state index contributed by atoms with van der Waals surface area (Å²) < 4.78 is 0. The van der Waals surface area contributed by atoms with Crippen molar-refractivity contribution in [2.24, 2.45) is 0 Å². The molecule has 6 heteroatoms. The summed E-state index contributed by atoms with van der Waals surface area (Å²) in [6.45, 7) is 13.7. The van der Waals surface area contributed by atoms with E-state index in [2.05, 4.69) is 38.7 Å². The molecular weight excluding hydrogens is 258 g/mol. The van der Waals surface area contributed by atoms with E-state index in [4.69, 9.17) is 0 Å². The van der Waals surface area contributed by atoms with Crippen LogP contribution in [0.2, 0.25) is 0 Å². The van der Waals surface area contributed by atoms with Gasteiger partial charge in [0, 0.05) is 51.4 Å². The van der Waals surface area contributed by atoms with Gasteiger partial charge in [0.15, 0.2) is 0 Å². The van der Waals surface area contributed by atoms with Gasteiger partial charge in [-0.1, -0.05) is 11.3 Å². The molecule has 0 aliphatic carbocycles. The van der Waals surface area contributed by atoms with Crippen molar-refractivity contribution in [1.82, 2.24) is 20.0 Å². The van der Waals surface area contributed by atoms with Crippen LogP contribution in [0.3, 0.4) is 0 Å². The van der Waals surface area contributed by atoms with Gasteiger partial charge >= 0.3 is 0 Å². The van der Waals surface area contributed by atoms with Crippen molar-refractivity contribution in [1.29, 1.82) is 0 Å². The van der Waals surface area contributed by atoms with Crippen LogP contribution in [0.25, 0.3) is 0 Å². The van der Waals surface area contributed by atoms with Crippen LogP contribution in [0.4, 0.5) is 5.13 Å². The molecule has 0 amide bonds. The Kier molecular flexibility index (Phi) is 3.73. The fourth-order valence-electron chi connectivity index (χ4n) is 2.88. The van der Waals surface area contributed by atoms with Gasteiger partial charge in [0.2, 0.25) is 5.13 Å². The average molecular weight is 281 g/mol. The summed E-state index contributed by atoms with van der Waals surface area (Å²) >= 11 is 1.70. The van der Waals surface area contributed by atoms with E-state index in [-0.39, 0.29) is 0 Å². The van der Waals surface area contributed by atoms with Crippen molar-refractivity contribution >= 4 is 16.5 Å². The summed E-state index contributed by atoms with van der Waals surface area (Å²) in [7, 11) is 0. The maximum absolute atomic E-state index is 4.22. The number of anilines is 1. The third-order valence-corrected chi connectivity index (χ3v) is 5.14. The number of aryl methyl sites for hydroxylation is 1.